The maximum atomic E-state index is 4.59. The van der Waals surface area contributed by atoms with Crippen LogP contribution in [0.25, 0.3) is 46.1 Å². The summed E-state index contributed by atoms with van der Waals surface area (Å²) in [7, 11) is 0. The molecule has 1 fully saturated rings. The summed E-state index contributed by atoms with van der Waals surface area (Å²) in [5.74, 6) is 0. The zero-order chi connectivity index (χ0) is 25.9. The molecule has 0 aromatic carbocycles. The highest BCUT2D eigenvalue weighted by Gasteiger charge is 2.13. The summed E-state index contributed by atoms with van der Waals surface area (Å²) in [5.41, 5.74) is 8.71. The minimum atomic E-state index is 0.821. The number of likely N-dealkylation sites (tertiary alicyclic amines) is 1. The van der Waals surface area contributed by atoms with E-state index >= 15 is 0 Å². The Morgan fingerprint density at radius 1 is 1.11 bits per heavy atom. The zero-order valence-electron chi connectivity index (χ0n) is 22.0. The second-order valence-electron chi connectivity index (χ2n) is 10.3. The minimum absolute atomic E-state index is 0.821. The van der Waals surface area contributed by atoms with Crippen LogP contribution < -0.4 is 10.6 Å². The normalized spacial score (nSPS) is 16.7. The summed E-state index contributed by atoms with van der Waals surface area (Å²) in [4.78, 5) is 15.0. The maximum absolute atomic E-state index is 4.59. The third kappa shape index (κ3) is 5.04. The number of fused-ring (bicyclic) bond motifs is 1. The standard InChI is InChI=1S/C32H34N6/c1-22(26-16-24(18-33-19-26)8-7-15-38-13-5-6-14-38)11-12-29-23(2)32(37-36-29)30-17-27-28(25-9-3-4-10-25)20-34-21-31(27)35-30/h3,9-12,16-21,35-36H,2,4-8,13-15H2,1H3/b22-11+,29-12+. The molecule has 5 heterocycles. The van der Waals surface area contributed by atoms with Crippen LogP contribution in [0.2, 0.25) is 0 Å². The number of aromatic nitrogens is 5. The smallest absolute Gasteiger partial charge is 0.116 e. The zero-order valence-corrected chi connectivity index (χ0v) is 22.0. The second-order valence-corrected chi connectivity index (χ2v) is 10.3. The Morgan fingerprint density at radius 3 is 2.82 bits per heavy atom. The summed E-state index contributed by atoms with van der Waals surface area (Å²) in [5, 5.41) is 10.7. The summed E-state index contributed by atoms with van der Waals surface area (Å²) in [6, 6.07) is 4.42. The van der Waals surface area contributed by atoms with Crippen molar-refractivity contribution in [1.29, 1.82) is 0 Å². The van der Waals surface area contributed by atoms with Gasteiger partial charge in [0.15, 0.2) is 0 Å². The Balaban J connectivity index is 1.21. The van der Waals surface area contributed by atoms with Crippen LogP contribution in [-0.4, -0.2) is 49.7 Å². The van der Waals surface area contributed by atoms with Crippen molar-refractivity contribution in [3.05, 3.63) is 88.5 Å². The van der Waals surface area contributed by atoms with E-state index < -0.39 is 0 Å². The SMILES string of the molecule is C=c1c(-c2cc3c(C4=CCC=C4)cncc3[nH]2)n[nH]/c1=C/C=C(\C)c1cncc(CCCN2CCCC2)c1. The lowest BCUT2D eigenvalue weighted by molar-refractivity contribution is 0.334. The van der Waals surface area contributed by atoms with Crippen molar-refractivity contribution >= 4 is 34.7 Å². The van der Waals surface area contributed by atoms with Crippen LogP contribution >= 0.6 is 0 Å². The number of aryl methyl sites for hydroxylation is 1. The number of allylic oxidation sites excluding steroid dienone is 6. The number of hydrogen-bond donors (Lipinski definition) is 2. The highest BCUT2D eigenvalue weighted by Crippen LogP contribution is 2.30. The number of pyridine rings is 2. The van der Waals surface area contributed by atoms with E-state index in [-0.39, 0.29) is 0 Å². The molecular formula is C32H34N6. The van der Waals surface area contributed by atoms with Gasteiger partial charge < -0.3 is 9.88 Å². The highest BCUT2D eigenvalue weighted by molar-refractivity contribution is 5.97. The Labute approximate surface area is 223 Å². The summed E-state index contributed by atoms with van der Waals surface area (Å²) >= 11 is 0. The number of hydrogen-bond acceptors (Lipinski definition) is 4. The Hall–Kier alpha value is -4.03. The molecule has 6 heteroatoms. The van der Waals surface area contributed by atoms with Gasteiger partial charge in [0, 0.05) is 34.8 Å². The summed E-state index contributed by atoms with van der Waals surface area (Å²) < 4.78 is 0. The first kappa shape index (κ1) is 24.3. The molecule has 4 aromatic rings. The molecule has 6 rings (SSSR count). The molecule has 6 nitrogen and oxygen atoms in total. The number of H-pyrrole nitrogens is 2. The molecule has 2 N–H and O–H groups in total. The van der Waals surface area contributed by atoms with E-state index in [1.807, 2.05) is 24.8 Å². The van der Waals surface area contributed by atoms with Crippen LogP contribution in [0.3, 0.4) is 0 Å². The predicted octanol–water partition coefficient (Wildman–Crippen LogP) is 5.01. The Bertz CT molecular complexity index is 1660. The molecule has 38 heavy (non-hydrogen) atoms. The third-order valence-corrected chi connectivity index (χ3v) is 7.67. The molecule has 0 atom stereocenters. The molecule has 192 valence electrons. The van der Waals surface area contributed by atoms with E-state index in [2.05, 4.69) is 86.1 Å². The first-order chi connectivity index (χ1) is 18.7. The van der Waals surface area contributed by atoms with Gasteiger partial charge in [0.1, 0.15) is 5.69 Å². The van der Waals surface area contributed by atoms with Crippen molar-refractivity contribution in [2.45, 2.75) is 39.0 Å². The van der Waals surface area contributed by atoms with Crippen LogP contribution in [-0.2, 0) is 6.42 Å². The number of rotatable bonds is 8. The molecule has 1 saturated heterocycles. The number of aromatic amines is 2. The van der Waals surface area contributed by atoms with Gasteiger partial charge in [-0.05, 0) is 99.1 Å². The molecule has 1 aliphatic heterocycles. The number of nitrogens with zero attached hydrogens (tertiary/aromatic N) is 4. The predicted molar refractivity (Wildman–Crippen MR) is 157 cm³/mol. The van der Waals surface area contributed by atoms with Crippen molar-refractivity contribution in [2.75, 3.05) is 19.6 Å². The van der Waals surface area contributed by atoms with E-state index in [4.69, 9.17) is 0 Å². The number of nitrogens with one attached hydrogen (secondary N) is 2. The monoisotopic (exact) mass is 502 g/mol. The van der Waals surface area contributed by atoms with Gasteiger partial charge in [-0.3, -0.25) is 15.1 Å². The van der Waals surface area contributed by atoms with Crippen LogP contribution in [0, 0.1) is 0 Å². The van der Waals surface area contributed by atoms with E-state index in [0.717, 1.165) is 62.4 Å². The first-order valence-corrected chi connectivity index (χ1v) is 13.6. The van der Waals surface area contributed by atoms with E-state index in [0.29, 0.717) is 0 Å². The lowest BCUT2D eigenvalue weighted by Gasteiger charge is -2.14. The molecule has 0 spiro atoms. The lowest BCUT2D eigenvalue weighted by Crippen LogP contribution is -2.21. The molecule has 0 bridgehead atoms. The van der Waals surface area contributed by atoms with Crippen molar-refractivity contribution in [3.63, 3.8) is 0 Å². The van der Waals surface area contributed by atoms with Gasteiger partial charge in [-0.2, -0.15) is 5.10 Å². The largest absolute Gasteiger partial charge is 0.352 e. The lowest BCUT2D eigenvalue weighted by atomic mass is 10.0. The third-order valence-electron chi connectivity index (χ3n) is 7.67. The van der Waals surface area contributed by atoms with Crippen molar-refractivity contribution < 1.29 is 0 Å². The fourth-order valence-corrected chi connectivity index (χ4v) is 5.46. The first-order valence-electron chi connectivity index (χ1n) is 13.6. The fraction of sp³-hybridized carbons (Fsp3) is 0.281. The van der Waals surface area contributed by atoms with Gasteiger partial charge in [-0.1, -0.05) is 30.9 Å². The van der Waals surface area contributed by atoms with Crippen LogP contribution in [0.1, 0.15) is 49.3 Å². The average Bonchev–Trinajstić information content (AvgIpc) is 3.75. The van der Waals surface area contributed by atoms with Crippen molar-refractivity contribution in [1.82, 2.24) is 30.0 Å². The highest BCUT2D eigenvalue weighted by atomic mass is 15.1. The molecule has 0 amide bonds. The van der Waals surface area contributed by atoms with E-state index in [1.165, 1.54) is 50.0 Å². The van der Waals surface area contributed by atoms with E-state index in [9.17, 15) is 0 Å². The van der Waals surface area contributed by atoms with Gasteiger partial charge in [0.05, 0.1) is 22.8 Å². The van der Waals surface area contributed by atoms with Crippen molar-refractivity contribution in [2.24, 2.45) is 0 Å². The molecule has 0 saturated carbocycles. The van der Waals surface area contributed by atoms with Gasteiger partial charge in [0.2, 0.25) is 0 Å². The molecule has 2 aliphatic rings. The van der Waals surface area contributed by atoms with E-state index in [1.54, 1.807) is 0 Å². The molecule has 0 unspecified atom stereocenters. The van der Waals surface area contributed by atoms with Crippen LogP contribution in [0.5, 0.6) is 0 Å². The quantitative estimate of drug-likeness (QED) is 0.355. The average molecular weight is 503 g/mol. The molecule has 4 aromatic heterocycles. The van der Waals surface area contributed by atoms with Crippen LogP contribution in [0.15, 0.2) is 61.2 Å². The molecule has 0 radical (unpaired) electrons. The Morgan fingerprint density at radius 2 is 1.97 bits per heavy atom. The van der Waals surface area contributed by atoms with Gasteiger partial charge in [0.25, 0.3) is 0 Å². The topological polar surface area (TPSA) is 73.5 Å². The van der Waals surface area contributed by atoms with Gasteiger partial charge in [-0.15, -0.1) is 0 Å². The molecular weight excluding hydrogens is 468 g/mol. The van der Waals surface area contributed by atoms with Gasteiger partial charge >= 0.3 is 0 Å². The Kier molecular flexibility index (Phi) is 6.88. The summed E-state index contributed by atoms with van der Waals surface area (Å²) in [6.07, 6.45) is 24.4. The fourth-order valence-electron chi connectivity index (χ4n) is 5.46. The maximum Gasteiger partial charge on any atom is 0.116 e. The van der Waals surface area contributed by atoms with Crippen LogP contribution in [0.4, 0.5) is 0 Å². The minimum Gasteiger partial charge on any atom is -0.352 e. The van der Waals surface area contributed by atoms with Gasteiger partial charge in [-0.25, -0.2) is 0 Å². The summed E-state index contributed by atoms with van der Waals surface area (Å²) in [6.45, 7) is 10.2. The van der Waals surface area contributed by atoms with Crippen molar-refractivity contribution in [3.8, 4) is 11.4 Å². The molecule has 1 aliphatic carbocycles. The second kappa shape index (κ2) is 10.8.